The Hall–Kier alpha value is -0.940. The minimum atomic E-state index is -2.93. The van der Waals surface area contributed by atoms with Crippen molar-refractivity contribution in [2.75, 3.05) is 18.6 Å². The van der Waals surface area contributed by atoms with E-state index in [1.54, 1.807) is 0 Å². The van der Waals surface area contributed by atoms with Gasteiger partial charge >= 0.3 is 0 Å². The topological polar surface area (TPSA) is 50.3 Å². The molecule has 122 valence electrons. The Labute approximate surface area is 133 Å². The predicted molar refractivity (Wildman–Crippen MR) is 88.6 cm³/mol. The van der Waals surface area contributed by atoms with Crippen molar-refractivity contribution in [3.05, 3.63) is 29.1 Å². The number of hydrogen-bond acceptors (Lipinski definition) is 4. The van der Waals surface area contributed by atoms with Gasteiger partial charge in [0, 0.05) is 25.0 Å². The van der Waals surface area contributed by atoms with Crippen LogP contribution >= 0.6 is 0 Å². The summed E-state index contributed by atoms with van der Waals surface area (Å²) >= 11 is 0. The molecule has 0 spiro atoms. The van der Waals surface area contributed by atoms with E-state index in [4.69, 9.17) is 0 Å². The first kappa shape index (κ1) is 15.9. The Morgan fingerprint density at radius 3 is 2.86 bits per heavy atom. The van der Waals surface area contributed by atoms with E-state index in [1.165, 1.54) is 35.9 Å². The predicted octanol–water partition coefficient (Wildman–Crippen LogP) is 2.36. The van der Waals surface area contributed by atoms with Crippen LogP contribution in [0, 0.1) is 0 Å². The van der Waals surface area contributed by atoms with E-state index < -0.39 is 9.84 Å². The highest BCUT2D eigenvalue weighted by Gasteiger charge is 2.27. The van der Waals surface area contributed by atoms with Gasteiger partial charge in [0.15, 0.2) is 0 Å². The molecule has 3 rings (SSSR count). The van der Waals surface area contributed by atoms with E-state index in [9.17, 15) is 8.42 Å². The van der Waals surface area contributed by atoms with Crippen LogP contribution in [-0.4, -0.2) is 42.9 Å². The minimum Gasteiger partial charge on any atom is -0.294 e. The smallest absolute Gasteiger partial charge is 0.148 e. The molecule has 0 radical (unpaired) electrons. The molecule has 0 bridgehead atoms. The summed E-state index contributed by atoms with van der Waals surface area (Å²) in [4.78, 5) is 6.97. The van der Waals surface area contributed by atoms with Crippen LogP contribution < -0.4 is 0 Å². The number of sulfone groups is 1. The Morgan fingerprint density at radius 2 is 2.05 bits per heavy atom. The summed E-state index contributed by atoms with van der Waals surface area (Å²) in [6.07, 6.45) is 11.4. The highest BCUT2D eigenvalue weighted by Crippen LogP contribution is 2.26. The highest BCUT2D eigenvalue weighted by molar-refractivity contribution is 7.90. The number of nitrogens with zero attached hydrogens (tertiary/aromatic N) is 2. The summed E-state index contributed by atoms with van der Waals surface area (Å²) in [5.74, 6) is 0.280. The average molecular weight is 322 g/mol. The minimum absolute atomic E-state index is 0.157. The molecule has 4 nitrogen and oxygen atoms in total. The van der Waals surface area contributed by atoms with Crippen LogP contribution in [0.1, 0.15) is 48.9 Å². The van der Waals surface area contributed by atoms with Crippen molar-refractivity contribution in [3.8, 4) is 0 Å². The average Bonchev–Trinajstić information content (AvgIpc) is 2.48. The maximum absolute atomic E-state index is 11.7. The van der Waals surface area contributed by atoms with E-state index in [2.05, 4.69) is 16.0 Å². The molecule has 1 aromatic rings. The molecule has 5 heteroatoms. The van der Waals surface area contributed by atoms with E-state index >= 15 is 0 Å². The van der Waals surface area contributed by atoms with E-state index in [0.717, 1.165) is 45.2 Å². The van der Waals surface area contributed by atoms with Gasteiger partial charge in [0.25, 0.3) is 0 Å². The lowest BCUT2D eigenvalue weighted by Gasteiger charge is -2.35. The third-order valence-corrected chi connectivity index (χ3v) is 5.95. The van der Waals surface area contributed by atoms with Gasteiger partial charge in [0.1, 0.15) is 9.84 Å². The first-order chi connectivity index (χ1) is 10.5. The molecule has 1 aromatic heterocycles. The van der Waals surface area contributed by atoms with Gasteiger partial charge < -0.3 is 0 Å². The second kappa shape index (κ2) is 6.67. The van der Waals surface area contributed by atoms with Crippen LogP contribution in [0.25, 0.3) is 0 Å². The van der Waals surface area contributed by atoms with Gasteiger partial charge in [-0.2, -0.15) is 0 Å². The van der Waals surface area contributed by atoms with Crippen molar-refractivity contribution in [2.24, 2.45) is 0 Å². The fraction of sp³-hybridized carbons (Fsp3) is 0.706. The van der Waals surface area contributed by atoms with Crippen LogP contribution in [0.5, 0.6) is 0 Å². The Bertz CT molecular complexity index is 628. The summed E-state index contributed by atoms with van der Waals surface area (Å²) in [7, 11) is -2.93. The van der Waals surface area contributed by atoms with Crippen LogP contribution in [0.15, 0.2) is 12.3 Å². The van der Waals surface area contributed by atoms with Gasteiger partial charge in [-0.25, -0.2) is 8.42 Å². The zero-order valence-electron chi connectivity index (χ0n) is 13.4. The van der Waals surface area contributed by atoms with Gasteiger partial charge in [-0.15, -0.1) is 0 Å². The molecule has 0 saturated carbocycles. The number of piperidine rings is 1. The van der Waals surface area contributed by atoms with Gasteiger partial charge in [0.05, 0.1) is 11.4 Å². The SMILES string of the molecule is CS(=O)(=O)CC1CCCCN1Cc1nccc2c1CCCC2. The van der Waals surface area contributed by atoms with Gasteiger partial charge in [-0.3, -0.25) is 9.88 Å². The maximum Gasteiger partial charge on any atom is 0.148 e. The lowest BCUT2D eigenvalue weighted by molar-refractivity contribution is 0.152. The molecule has 1 atom stereocenters. The van der Waals surface area contributed by atoms with Crippen LogP contribution in [-0.2, 0) is 29.2 Å². The number of aryl methyl sites for hydroxylation is 1. The highest BCUT2D eigenvalue weighted by atomic mass is 32.2. The summed E-state index contributed by atoms with van der Waals surface area (Å²) in [5, 5.41) is 0. The molecule has 22 heavy (non-hydrogen) atoms. The van der Waals surface area contributed by atoms with Crippen molar-refractivity contribution in [1.29, 1.82) is 0 Å². The van der Waals surface area contributed by atoms with Gasteiger partial charge in [-0.05, 0) is 62.3 Å². The molecular weight excluding hydrogens is 296 g/mol. The largest absolute Gasteiger partial charge is 0.294 e. The molecule has 1 unspecified atom stereocenters. The van der Waals surface area contributed by atoms with Crippen LogP contribution in [0.3, 0.4) is 0 Å². The third-order valence-electron chi connectivity index (χ3n) is 4.96. The first-order valence-corrected chi connectivity index (χ1v) is 10.5. The van der Waals surface area contributed by atoms with Gasteiger partial charge in [0.2, 0.25) is 0 Å². The second-order valence-corrected chi connectivity index (χ2v) is 9.00. The maximum atomic E-state index is 11.7. The van der Waals surface area contributed by atoms with Crippen molar-refractivity contribution >= 4 is 9.84 Å². The fourth-order valence-corrected chi connectivity index (χ4v) is 4.95. The van der Waals surface area contributed by atoms with Crippen molar-refractivity contribution in [3.63, 3.8) is 0 Å². The number of likely N-dealkylation sites (tertiary alicyclic amines) is 1. The Morgan fingerprint density at radius 1 is 1.23 bits per heavy atom. The van der Waals surface area contributed by atoms with Crippen molar-refractivity contribution in [2.45, 2.75) is 57.5 Å². The zero-order valence-corrected chi connectivity index (χ0v) is 14.2. The molecule has 2 aliphatic rings. The number of fused-ring (bicyclic) bond motifs is 1. The number of hydrogen-bond donors (Lipinski definition) is 0. The molecule has 1 fully saturated rings. The lowest BCUT2D eigenvalue weighted by Crippen LogP contribution is -2.43. The van der Waals surface area contributed by atoms with Crippen LogP contribution in [0.4, 0.5) is 0 Å². The molecule has 2 heterocycles. The molecule has 1 saturated heterocycles. The molecular formula is C17H26N2O2S. The quantitative estimate of drug-likeness (QED) is 0.854. The summed E-state index contributed by atoms with van der Waals surface area (Å²) < 4.78 is 23.4. The molecule has 0 amide bonds. The number of rotatable bonds is 4. The van der Waals surface area contributed by atoms with Crippen molar-refractivity contribution in [1.82, 2.24) is 9.88 Å². The second-order valence-electron chi connectivity index (χ2n) is 6.81. The number of pyridine rings is 1. The Kier molecular flexibility index (Phi) is 4.83. The van der Waals surface area contributed by atoms with E-state index in [0.29, 0.717) is 0 Å². The van der Waals surface area contributed by atoms with Gasteiger partial charge in [-0.1, -0.05) is 6.42 Å². The summed E-state index contributed by atoms with van der Waals surface area (Å²) in [6.45, 7) is 1.80. The lowest BCUT2D eigenvalue weighted by atomic mass is 9.90. The number of aromatic nitrogens is 1. The van der Waals surface area contributed by atoms with Crippen molar-refractivity contribution < 1.29 is 8.42 Å². The Balaban J connectivity index is 1.78. The van der Waals surface area contributed by atoms with E-state index in [-0.39, 0.29) is 11.8 Å². The normalized spacial score (nSPS) is 23.2. The summed E-state index contributed by atoms with van der Waals surface area (Å²) in [6, 6.07) is 2.31. The third kappa shape index (κ3) is 3.87. The monoisotopic (exact) mass is 322 g/mol. The first-order valence-electron chi connectivity index (χ1n) is 8.40. The summed E-state index contributed by atoms with van der Waals surface area (Å²) in [5.41, 5.74) is 4.06. The zero-order chi connectivity index (χ0) is 15.6. The fourth-order valence-electron chi connectivity index (χ4n) is 3.87. The van der Waals surface area contributed by atoms with E-state index in [1.807, 2.05) is 6.20 Å². The molecule has 0 aromatic carbocycles. The molecule has 1 aliphatic heterocycles. The molecule has 0 N–H and O–H groups in total. The van der Waals surface area contributed by atoms with Crippen LogP contribution in [0.2, 0.25) is 0 Å². The molecule has 1 aliphatic carbocycles. The standard InChI is InChI=1S/C17H26N2O2S/c1-22(20,21)13-15-7-4-5-11-19(15)12-17-16-8-3-2-6-14(16)9-10-18-17/h9-10,15H,2-8,11-13H2,1H3.